The van der Waals surface area contributed by atoms with Gasteiger partial charge in [-0.25, -0.2) is 9.79 Å². The SMILES string of the molecule is CC(=N)[P+](O)(O)CC(Cc1ccccc1)C(=O)O. The molecule has 0 aliphatic heterocycles. The van der Waals surface area contributed by atoms with Crippen LogP contribution in [0, 0.1) is 11.3 Å². The summed E-state index contributed by atoms with van der Waals surface area (Å²) in [7, 11) is -3.56. The molecule has 5 nitrogen and oxygen atoms in total. The predicted octanol–water partition coefficient (Wildman–Crippen LogP) is 1.76. The maximum absolute atomic E-state index is 11.1. The van der Waals surface area contributed by atoms with E-state index in [1.807, 2.05) is 6.07 Å². The molecule has 1 aromatic rings. The first-order valence-corrected chi connectivity index (χ1v) is 7.37. The van der Waals surface area contributed by atoms with E-state index in [-0.39, 0.29) is 18.0 Å². The zero-order chi connectivity index (χ0) is 13.8. The summed E-state index contributed by atoms with van der Waals surface area (Å²) in [5.41, 5.74) is 0.578. The zero-order valence-electron chi connectivity index (χ0n) is 10.1. The van der Waals surface area contributed by atoms with Crippen molar-refractivity contribution in [1.82, 2.24) is 0 Å². The van der Waals surface area contributed by atoms with Gasteiger partial charge >= 0.3 is 13.7 Å². The number of carboxylic acids is 1. The molecule has 0 bridgehead atoms. The third-order valence-corrected chi connectivity index (χ3v) is 4.71. The van der Waals surface area contributed by atoms with Gasteiger partial charge in [-0.3, -0.25) is 10.2 Å². The van der Waals surface area contributed by atoms with Gasteiger partial charge in [0, 0.05) is 6.92 Å². The van der Waals surface area contributed by atoms with Crippen LogP contribution in [-0.2, 0) is 11.2 Å². The van der Waals surface area contributed by atoms with Crippen LogP contribution in [0.3, 0.4) is 0 Å². The Morgan fingerprint density at radius 2 is 1.89 bits per heavy atom. The second-order valence-electron chi connectivity index (χ2n) is 4.22. The van der Waals surface area contributed by atoms with Crippen LogP contribution in [0.15, 0.2) is 30.3 Å². The first kappa shape index (κ1) is 14.8. The van der Waals surface area contributed by atoms with Crippen molar-refractivity contribution < 1.29 is 19.7 Å². The summed E-state index contributed by atoms with van der Waals surface area (Å²) in [5, 5.41) is 16.4. The molecule has 0 aliphatic rings. The summed E-state index contributed by atoms with van der Waals surface area (Å²) >= 11 is 0. The number of aliphatic carboxylic acids is 1. The largest absolute Gasteiger partial charge is 0.481 e. The third-order valence-electron chi connectivity index (χ3n) is 2.69. The van der Waals surface area contributed by atoms with E-state index in [0.717, 1.165) is 5.56 Å². The average molecular weight is 270 g/mol. The van der Waals surface area contributed by atoms with Crippen molar-refractivity contribution >= 4 is 19.1 Å². The maximum Gasteiger partial charge on any atom is 0.314 e. The Bertz CT molecular complexity index is 433. The summed E-state index contributed by atoms with van der Waals surface area (Å²) in [6.45, 7) is 1.29. The summed E-state index contributed by atoms with van der Waals surface area (Å²) in [6, 6.07) is 9.02. The molecule has 1 unspecified atom stereocenters. The van der Waals surface area contributed by atoms with Crippen LogP contribution in [0.25, 0.3) is 0 Å². The molecule has 0 aliphatic carbocycles. The van der Waals surface area contributed by atoms with Gasteiger partial charge in [0.25, 0.3) is 0 Å². The van der Waals surface area contributed by atoms with Crippen molar-refractivity contribution in [2.24, 2.45) is 5.92 Å². The lowest BCUT2D eigenvalue weighted by molar-refractivity contribution is -0.141. The van der Waals surface area contributed by atoms with E-state index in [0.29, 0.717) is 0 Å². The molecule has 1 aromatic carbocycles. The van der Waals surface area contributed by atoms with Gasteiger partial charge in [-0.15, -0.1) is 0 Å². The molecular weight excluding hydrogens is 253 g/mol. The van der Waals surface area contributed by atoms with Crippen LogP contribution < -0.4 is 0 Å². The Morgan fingerprint density at radius 3 is 2.33 bits per heavy atom. The fourth-order valence-corrected chi connectivity index (χ4v) is 2.75. The van der Waals surface area contributed by atoms with Crippen LogP contribution in [0.5, 0.6) is 0 Å². The average Bonchev–Trinajstić information content (AvgIpc) is 2.29. The van der Waals surface area contributed by atoms with Crippen molar-refractivity contribution in [2.45, 2.75) is 13.3 Å². The van der Waals surface area contributed by atoms with Crippen molar-refractivity contribution in [3.05, 3.63) is 35.9 Å². The van der Waals surface area contributed by atoms with Gasteiger partial charge in [0.2, 0.25) is 5.45 Å². The molecule has 4 N–H and O–H groups in total. The van der Waals surface area contributed by atoms with E-state index >= 15 is 0 Å². The zero-order valence-corrected chi connectivity index (χ0v) is 11.0. The fourth-order valence-electron chi connectivity index (χ4n) is 1.57. The highest BCUT2D eigenvalue weighted by Gasteiger charge is 2.42. The quantitative estimate of drug-likeness (QED) is 0.467. The molecular formula is C12H17NO4P+. The number of rotatable bonds is 6. The van der Waals surface area contributed by atoms with E-state index in [4.69, 9.17) is 10.5 Å². The van der Waals surface area contributed by atoms with Gasteiger partial charge < -0.3 is 5.11 Å². The monoisotopic (exact) mass is 270 g/mol. The second-order valence-corrected chi connectivity index (χ2v) is 6.72. The van der Waals surface area contributed by atoms with Crippen LogP contribution in [0.1, 0.15) is 12.5 Å². The van der Waals surface area contributed by atoms with E-state index in [2.05, 4.69) is 0 Å². The minimum atomic E-state index is -3.56. The first-order valence-electron chi connectivity index (χ1n) is 5.49. The van der Waals surface area contributed by atoms with Gasteiger partial charge in [0.1, 0.15) is 6.16 Å². The molecule has 0 fully saturated rings. The molecule has 0 radical (unpaired) electrons. The second kappa shape index (κ2) is 6.05. The lowest BCUT2D eigenvalue weighted by Gasteiger charge is -2.16. The van der Waals surface area contributed by atoms with Crippen molar-refractivity contribution in [2.75, 3.05) is 6.16 Å². The Labute approximate surface area is 106 Å². The van der Waals surface area contributed by atoms with Gasteiger partial charge in [-0.2, -0.15) is 0 Å². The van der Waals surface area contributed by atoms with E-state index in [9.17, 15) is 14.6 Å². The maximum atomic E-state index is 11.1. The van der Waals surface area contributed by atoms with Gasteiger partial charge in [-0.05, 0) is 12.0 Å². The Morgan fingerprint density at radius 1 is 1.33 bits per heavy atom. The number of benzene rings is 1. The Balaban J connectivity index is 2.79. The number of hydrogen-bond donors (Lipinski definition) is 4. The van der Waals surface area contributed by atoms with Crippen molar-refractivity contribution in [3.8, 4) is 0 Å². The molecule has 0 aromatic heterocycles. The smallest absolute Gasteiger partial charge is 0.314 e. The fraction of sp³-hybridized carbons (Fsp3) is 0.333. The molecule has 1 atom stereocenters. The number of nitrogens with one attached hydrogen (secondary N) is 1. The highest BCUT2D eigenvalue weighted by Crippen LogP contribution is 2.52. The molecule has 0 amide bonds. The van der Waals surface area contributed by atoms with Crippen LogP contribution in [0.4, 0.5) is 0 Å². The standard InChI is InChI=1S/C12H16NO4P/c1-9(13)18(16,17)8-11(12(14)15)7-10-5-3-2-4-6-10/h2-6,11,13,16-17H,7-8H2,1H3/p+1. The Kier molecular flexibility index (Phi) is 4.96. The highest BCUT2D eigenvalue weighted by atomic mass is 31.2. The molecule has 0 saturated heterocycles. The summed E-state index contributed by atoms with van der Waals surface area (Å²) < 4.78 is 0. The van der Waals surface area contributed by atoms with Crippen LogP contribution in [-0.4, -0.2) is 32.5 Å². The van der Waals surface area contributed by atoms with E-state index in [1.165, 1.54) is 6.92 Å². The van der Waals surface area contributed by atoms with Gasteiger partial charge in [0.05, 0.1) is 5.92 Å². The third kappa shape index (κ3) is 4.18. The lowest BCUT2D eigenvalue weighted by Crippen LogP contribution is -2.24. The number of carboxylic acid groups (broad SMARTS) is 1. The summed E-state index contributed by atoms with van der Waals surface area (Å²) in [4.78, 5) is 30.5. The van der Waals surface area contributed by atoms with Crippen molar-refractivity contribution in [1.29, 1.82) is 5.41 Å². The molecule has 18 heavy (non-hydrogen) atoms. The van der Waals surface area contributed by atoms with Crippen molar-refractivity contribution in [3.63, 3.8) is 0 Å². The van der Waals surface area contributed by atoms with Gasteiger partial charge in [0.15, 0.2) is 0 Å². The first-order chi connectivity index (χ1) is 8.33. The molecule has 0 saturated carbocycles. The summed E-state index contributed by atoms with van der Waals surface area (Å²) in [5.74, 6) is -1.97. The number of carbonyl (C=O) groups is 1. The molecule has 0 heterocycles. The minimum absolute atomic E-state index is 0.228. The summed E-state index contributed by atoms with van der Waals surface area (Å²) in [6.07, 6.45) is -0.0567. The minimum Gasteiger partial charge on any atom is -0.481 e. The number of hydrogen-bond acceptors (Lipinski definition) is 4. The van der Waals surface area contributed by atoms with Gasteiger partial charge in [-0.1, -0.05) is 30.3 Å². The molecule has 98 valence electrons. The van der Waals surface area contributed by atoms with E-state index in [1.54, 1.807) is 24.3 Å². The molecule has 6 heteroatoms. The molecule has 0 spiro atoms. The topological polar surface area (TPSA) is 102 Å². The van der Waals surface area contributed by atoms with Crippen LogP contribution in [0.2, 0.25) is 0 Å². The van der Waals surface area contributed by atoms with Crippen LogP contribution >= 0.6 is 7.72 Å². The normalized spacial score (nSPS) is 13.1. The Hall–Kier alpha value is -1.29. The van der Waals surface area contributed by atoms with E-state index < -0.39 is 19.6 Å². The lowest BCUT2D eigenvalue weighted by atomic mass is 10.0. The predicted molar refractivity (Wildman–Crippen MR) is 70.9 cm³/mol. The molecule has 1 rings (SSSR count). The highest BCUT2D eigenvalue weighted by molar-refractivity contribution is 7.81.